The number of hydrogen-bond acceptors (Lipinski definition) is 6. The van der Waals surface area contributed by atoms with Crippen molar-refractivity contribution in [3.8, 4) is 0 Å². The van der Waals surface area contributed by atoms with E-state index in [9.17, 15) is 28.1 Å². The third-order valence-corrected chi connectivity index (χ3v) is 4.40. The molecule has 0 radical (unpaired) electrons. The van der Waals surface area contributed by atoms with E-state index in [1.54, 1.807) is 0 Å². The molecule has 3 rings (SSSR count). The van der Waals surface area contributed by atoms with E-state index in [0.717, 1.165) is 12.1 Å². The van der Waals surface area contributed by atoms with Crippen molar-refractivity contribution in [2.75, 3.05) is 4.90 Å². The number of primary sulfonamides is 1. The molecule has 1 heterocycles. The number of rotatable bonds is 3. The minimum absolute atomic E-state index is 0.0398. The second kappa shape index (κ2) is 5.22. The average Bonchev–Trinajstić information content (AvgIpc) is 2.78. The van der Waals surface area contributed by atoms with Gasteiger partial charge in [-0.15, -0.1) is 0 Å². The molecule has 9 nitrogen and oxygen atoms in total. The summed E-state index contributed by atoms with van der Waals surface area (Å²) in [5.74, 6) is -1.67. The molecule has 0 saturated carbocycles. The van der Waals surface area contributed by atoms with Crippen LogP contribution in [-0.2, 0) is 10.0 Å². The highest BCUT2D eigenvalue weighted by molar-refractivity contribution is 7.89. The zero-order chi connectivity index (χ0) is 17.6. The summed E-state index contributed by atoms with van der Waals surface area (Å²) in [6, 6.07) is 8.63. The predicted octanol–water partition coefficient (Wildman–Crippen LogP) is 1.04. The molecule has 0 atom stereocenters. The van der Waals surface area contributed by atoms with Crippen LogP contribution in [0.2, 0.25) is 0 Å². The van der Waals surface area contributed by atoms with Gasteiger partial charge in [-0.05, 0) is 24.3 Å². The van der Waals surface area contributed by atoms with Crippen molar-refractivity contribution in [1.82, 2.24) is 0 Å². The maximum absolute atomic E-state index is 12.5. The van der Waals surface area contributed by atoms with Crippen molar-refractivity contribution in [3.63, 3.8) is 0 Å². The standard InChI is InChI=1S/C14H9N3O6S/c15-24(22,23)9-4-1-3-8(7-9)16-13(18)10-5-2-6-11(17(20)21)12(10)14(16)19/h1-7H,(H2,15,22,23). The highest BCUT2D eigenvalue weighted by Crippen LogP contribution is 2.34. The van der Waals surface area contributed by atoms with Gasteiger partial charge in [0.25, 0.3) is 17.5 Å². The Hall–Kier alpha value is -3.11. The Balaban J connectivity index is 2.16. The second-order valence-corrected chi connectivity index (χ2v) is 6.51. The number of benzene rings is 2. The second-order valence-electron chi connectivity index (χ2n) is 4.94. The third-order valence-electron chi connectivity index (χ3n) is 3.49. The molecule has 2 aromatic rings. The van der Waals surface area contributed by atoms with Crippen LogP contribution in [0.3, 0.4) is 0 Å². The van der Waals surface area contributed by atoms with Crippen molar-refractivity contribution in [2.24, 2.45) is 5.14 Å². The average molecular weight is 347 g/mol. The van der Waals surface area contributed by atoms with E-state index in [1.165, 1.54) is 30.3 Å². The Morgan fingerprint density at radius 1 is 1.04 bits per heavy atom. The summed E-state index contributed by atoms with van der Waals surface area (Å²) in [5, 5.41) is 16.1. The van der Waals surface area contributed by atoms with Crippen molar-refractivity contribution < 1.29 is 22.9 Å². The van der Waals surface area contributed by atoms with Gasteiger partial charge in [-0.1, -0.05) is 12.1 Å². The number of hydrogen-bond donors (Lipinski definition) is 1. The summed E-state index contributed by atoms with van der Waals surface area (Å²) in [7, 11) is -4.04. The maximum Gasteiger partial charge on any atom is 0.283 e. The van der Waals surface area contributed by atoms with E-state index < -0.39 is 32.4 Å². The fourth-order valence-electron chi connectivity index (χ4n) is 2.45. The van der Waals surface area contributed by atoms with E-state index in [4.69, 9.17) is 5.14 Å². The molecule has 24 heavy (non-hydrogen) atoms. The number of fused-ring (bicyclic) bond motifs is 1. The van der Waals surface area contributed by atoms with Crippen LogP contribution >= 0.6 is 0 Å². The molecular formula is C14H9N3O6S. The minimum Gasteiger partial charge on any atom is -0.268 e. The highest BCUT2D eigenvalue weighted by Gasteiger charge is 2.41. The quantitative estimate of drug-likeness (QED) is 0.499. The van der Waals surface area contributed by atoms with Gasteiger partial charge in [0.1, 0.15) is 5.56 Å². The Labute approximate surface area is 135 Å². The number of nitrogens with two attached hydrogens (primary N) is 1. The Morgan fingerprint density at radius 3 is 2.33 bits per heavy atom. The number of nitro groups is 1. The van der Waals surface area contributed by atoms with Gasteiger partial charge in [0.15, 0.2) is 0 Å². The number of carbonyl (C=O) groups excluding carboxylic acids is 2. The van der Waals surface area contributed by atoms with Crippen LogP contribution < -0.4 is 10.0 Å². The van der Waals surface area contributed by atoms with Gasteiger partial charge in [0, 0.05) is 6.07 Å². The van der Waals surface area contributed by atoms with E-state index >= 15 is 0 Å². The van der Waals surface area contributed by atoms with Crippen molar-refractivity contribution in [2.45, 2.75) is 4.90 Å². The molecule has 0 saturated heterocycles. The third kappa shape index (κ3) is 2.33. The molecule has 0 bridgehead atoms. The van der Waals surface area contributed by atoms with Crippen LogP contribution in [0.4, 0.5) is 11.4 Å². The first kappa shape index (κ1) is 15.8. The van der Waals surface area contributed by atoms with Gasteiger partial charge in [0.2, 0.25) is 10.0 Å². The molecule has 10 heteroatoms. The molecule has 0 aliphatic carbocycles. The summed E-state index contributed by atoms with van der Waals surface area (Å²) >= 11 is 0. The van der Waals surface area contributed by atoms with Gasteiger partial charge in [-0.2, -0.15) is 0 Å². The molecule has 2 N–H and O–H groups in total. The lowest BCUT2D eigenvalue weighted by Crippen LogP contribution is -2.29. The summed E-state index contributed by atoms with van der Waals surface area (Å²) in [6.45, 7) is 0. The molecule has 122 valence electrons. The highest BCUT2D eigenvalue weighted by atomic mass is 32.2. The van der Waals surface area contributed by atoms with Crippen LogP contribution in [0.5, 0.6) is 0 Å². The fraction of sp³-hybridized carbons (Fsp3) is 0. The molecule has 1 aliphatic heterocycles. The van der Waals surface area contributed by atoms with E-state index in [0.29, 0.717) is 4.90 Å². The van der Waals surface area contributed by atoms with Crippen LogP contribution in [0.15, 0.2) is 47.4 Å². The van der Waals surface area contributed by atoms with Gasteiger partial charge < -0.3 is 0 Å². The van der Waals surface area contributed by atoms with Crippen molar-refractivity contribution in [1.29, 1.82) is 0 Å². The van der Waals surface area contributed by atoms with Crippen molar-refractivity contribution >= 4 is 33.2 Å². The molecular weight excluding hydrogens is 338 g/mol. The normalized spacial score (nSPS) is 14.0. The van der Waals surface area contributed by atoms with Crippen LogP contribution in [0, 0.1) is 10.1 Å². The summed E-state index contributed by atoms with van der Waals surface area (Å²) in [6.07, 6.45) is 0. The Bertz CT molecular complexity index is 1010. The lowest BCUT2D eigenvalue weighted by Gasteiger charge is -2.14. The van der Waals surface area contributed by atoms with Crippen LogP contribution in [-0.4, -0.2) is 25.2 Å². The lowest BCUT2D eigenvalue weighted by atomic mass is 10.1. The van der Waals surface area contributed by atoms with E-state index in [-0.39, 0.29) is 21.7 Å². The topological polar surface area (TPSA) is 141 Å². The van der Waals surface area contributed by atoms with Crippen LogP contribution in [0.1, 0.15) is 20.7 Å². The molecule has 2 aromatic carbocycles. The smallest absolute Gasteiger partial charge is 0.268 e. The van der Waals surface area contributed by atoms with Gasteiger partial charge in [-0.25, -0.2) is 18.5 Å². The SMILES string of the molecule is NS(=O)(=O)c1cccc(N2C(=O)c3cccc([N+](=O)[O-])c3C2=O)c1. The first-order chi connectivity index (χ1) is 11.2. The number of imide groups is 1. The molecule has 0 spiro atoms. The molecule has 2 amide bonds. The molecule has 0 fully saturated rings. The fourth-order valence-corrected chi connectivity index (χ4v) is 3.01. The Morgan fingerprint density at radius 2 is 1.71 bits per heavy atom. The van der Waals surface area contributed by atoms with Gasteiger partial charge >= 0.3 is 0 Å². The Kier molecular flexibility index (Phi) is 3.43. The van der Waals surface area contributed by atoms with Gasteiger partial charge in [0.05, 0.1) is 21.1 Å². The number of carbonyl (C=O) groups is 2. The number of sulfonamides is 1. The molecule has 0 aromatic heterocycles. The first-order valence-corrected chi connectivity index (χ1v) is 8.05. The summed E-state index contributed by atoms with van der Waals surface area (Å²) < 4.78 is 22.8. The largest absolute Gasteiger partial charge is 0.283 e. The van der Waals surface area contributed by atoms with Crippen molar-refractivity contribution in [3.05, 3.63) is 63.7 Å². The summed E-state index contributed by atoms with van der Waals surface area (Å²) in [5.41, 5.74) is -0.971. The number of nitro benzene ring substituents is 1. The molecule has 1 aliphatic rings. The van der Waals surface area contributed by atoms with E-state index in [2.05, 4.69) is 0 Å². The lowest BCUT2D eigenvalue weighted by molar-refractivity contribution is -0.385. The number of nitrogens with zero attached hydrogens (tertiary/aromatic N) is 2. The predicted molar refractivity (Wildman–Crippen MR) is 82.1 cm³/mol. The van der Waals surface area contributed by atoms with E-state index in [1.807, 2.05) is 0 Å². The van der Waals surface area contributed by atoms with Crippen LogP contribution in [0.25, 0.3) is 0 Å². The first-order valence-electron chi connectivity index (χ1n) is 6.51. The minimum atomic E-state index is -4.04. The summed E-state index contributed by atoms with van der Waals surface area (Å²) in [4.78, 5) is 35.7. The maximum atomic E-state index is 12.5. The molecule has 0 unspecified atom stereocenters. The zero-order valence-electron chi connectivity index (χ0n) is 11.9. The van der Waals surface area contributed by atoms with Gasteiger partial charge in [-0.3, -0.25) is 19.7 Å². The zero-order valence-corrected chi connectivity index (χ0v) is 12.7. The monoisotopic (exact) mass is 347 g/mol. The number of amides is 2. The number of anilines is 1.